The summed E-state index contributed by atoms with van der Waals surface area (Å²) in [5.41, 5.74) is 6.56. The van der Waals surface area contributed by atoms with Gasteiger partial charge in [0.05, 0.1) is 5.56 Å². The van der Waals surface area contributed by atoms with Crippen LogP contribution in [0.3, 0.4) is 0 Å². The minimum atomic E-state index is -0.709. The van der Waals surface area contributed by atoms with Gasteiger partial charge in [0.15, 0.2) is 0 Å². The Balaban J connectivity index is 1.61. The summed E-state index contributed by atoms with van der Waals surface area (Å²) in [5.74, 6) is -1.19. The number of nitrogens with two attached hydrogens (primary N) is 1. The maximum atomic E-state index is 13.0. The molecule has 0 spiro atoms. The second kappa shape index (κ2) is 7.40. The lowest BCUT2D eigenvalue weighted by Gasteiger charge is -2.35. The molecule has 2 aromatic rings. The smallest absolute Gasteiger partial charge is 0.268 e. The predicted molar refractivity (Wildman–Crippen MR) is 90.3 cm³/mol. The molecule has 2 amide bonds. The van der Waals surface area contributed by atoms with Crippen molar-refractivity contribution in [1.82, 2.24) is 14.8 Å². The Hall–Kier alpha value is -2.80. The van der Waals surface area contributed by atoms with E-state index in [1.165, 1.54) is 18.3 Å². The molecule has 1 aromatic carbocycles. The van der Waals surface area contributed by atoms with E-state index in [-0.39, 0.29) is 23.0 Å². The fraction of sp³-hybridized carbons (Fsp3) is 0.278. The molecule has 1 aliphatic rings. The predicted octanol–water partition coefficient (Wildman–Crippen LogP) is 1.28. The van der Waals surface area contributed by atoms with Crippen molar-refractivity contribution < 1.29 is 14.0 Å². The van der Waals surface area contributed by atoms with Crippen LogP contribution >= 0.6 is 0 Å². The number of carbonyl (C=O) groups excluding carboxylic acids is 2. The van der Waals surface area contributed by atoms with E-state index >= 15 is 0 Å². The second-order valence-electron chi connectivity index (χ2n) is 5.96. The molecule has 2 heterocycles. The summed E-state index contributed by atoms with van der Waals surface area (Å²) in [4.78, 5) is 31.9. The van der Waals surface area contributed by atoms with Gasteiger partial charge in [-0.1, -0.05) is 12.1 Å². The highest BCUT2D eigenvalue weighted by Gasteiger charge is 2.25. The molecule has 0 aliphatic carbocycles. The molecular weight excluding hydrogens is 323 g/mol. The van der Waals surface area contributed by atoms with Crippen LogP contribution in [-0.2, 0) is 6.54 Å². The number of primary amides is 1. The Morgan fingerprint density at radius 2 is 1.76 bits per heavy atom. The van der Waals surface area contributed by atoms with Gasteiger partial charge in [0.25, 0.3) is 11.8 Å². The minimum absolute atomic E-state index is 0.00115. The van der Waals surface area contributed by atoms with Gasteiger partial charge in [-0.05, 0) is 29.8 Å². The molecule has 0 radical (unpaired) electrons. The maximum Gasteiger partial charge on any atom is 0.268 e. The van der Waals surface area contributed by atoms with Crippen LogP contribution in [0.1, 0.15) is 26.4 Å². The summed E-state index contributed by atoms with van der Waals surface area (Å²) in [6, 6.07) is 9.61. The fourth-order valence-corrected chi connectivity index (χ4v) is 2.90. The summed E-state index contributed by atoms with van der Waals surface area (Å²) in [6.45, 7) is 3.21. The summed E-state index contributed by atoms with van der Waals surface area (Å²) in [5, 5.41) is 0. The SMILES string of the molecule is NC(=O)c1ncccc1C(=O)N1CCN(Cc2ccc(F)cc2)CC1. The van der Waals surface area contributed by atoms with Crippen LogP contribution in [-0.4, -0.2) is 52.8 Å². The number of hydrogen-bond acceptors (Lipinski definition) is 4. The number of benzene rings is 1. The Morgan fingerprint density at radius 1 is 1.08 bits per heavy atom. The third-order valence-electron chi connectivity index (χ3n) is 4.25. The lowest BCUT2D eigenvalue weighted by atomic mass is 10.1. The number of piperazine rings is 1. The van der Waals surface area contributed by atoms with Crippen LogP contribution in [0.15, 0.2) is 42.6 Å². The standard InChI is InChI=1S/C18H19FN4O2/c19-14-5-3-13(4-6-14)12-22-8-10-23(11-9-22)18(25)15-2-1-7-21-16(15)17(20)24/h1-7H,8-12H2,(H2,20,24). The van der Waals surface area contributed by atoms with Gasteiger partial charge in [-0.3, -0.25) is 19.5 Å². The molecule has 0 unspecified atom stereocenters. The van der Waals surface area contributed by atoms with Gasteiger partial charge in [-0.25, -0.2) is 4.39 Å². The number of halogens is 1. The summed E-state index contributed by atoms with van der Waals surface area (Å²) < 4.78 is 13.0. The van der Waals surface area contributed by atoms with Gasteiger partial charge in [-0.15, -0.1) is 0 Å². The highest BCUT2D eigenvalue weighted by molar-refractivity contribution is 6.05. The zero-order chi connectivity index (χ0) is 17.8. The average molecular weight is 342 g/mol. The van der Waals surface area contributed by atoms with Crippen molar-refractivity contribution in [2.24, 2.45) is 5.73 Å². The molecule has 1 saturated heterocycles. The molecule has 1 fully saturated rings. The number of pyridine rings is 1. The molecule has 6 nitrogen and oxygen atoms in total. The third-order valence-corrected chi connectivity index (χ3v) is 4.25. The van der Waals surface area contributed by atoms with Crippen LogP contribution < -0.4 is 5.73 Å². The first-order valence-electron chi connectivity index (χ1n) is 8.05. The molecular formula is C18H19FN4O2. The number of hydrogen-bond donors (Lipinski definition) is 1. The summed E-state index contributed by atoms with van der Waals surface area (Å²) in [6.07, 6.45) is 1.44. The first-order chi connectivity index (χ1) is 12.0. The molecule has 25 heavy (non-hydrogen) atoms. The molecule has 130 valence electrons. The number of nitrogens with zero attached hydrogens (tertiary/aromatic N) is 3. The van der Waals surface area contributed by atoms with Crippen molar-refractivity contribution in [3.05, 3.63) is 65.2 Å². The van der Waals surface area contributed by atoms with Crippen LogP contribution in [0.2, 0.25) is 0 Å². The van der Waals surface area contributed by atoms with E-state index in [0.717, 1.165) is 5.56 Å². The lowest BCUT2D eigenvalue weighted by molar-refractivity contribution is 0.0624. The van der Waals surface area contributed by atoms with Gasteiger partial charge in [0.2, 0.25) is 0 Å². The van der Waals surface area contributed by atoms with E-state index in [0.29, 0.717) is 32.7 Å². The monoisotopic (exact) mass is 342 g/mol. The van der Waals surface area contributed by atoms with E-state index in [2.05, 4.69) is 9.88 Å². The average Bonchev–Trinajstić information content (AvgIpc) is 2.63. The van der Waals surface area contributed by atoms with Gasteiger partial charge < -0.3 is 10.6 Å². The highest BCUT2D eigenvalue weighted by Crippen LogP contribution is 2.14. The van der Waals surface area contributed by atoms with Crippen LogP contribution in [0.5, 0.6) is 0 Å². The normalized spacial score (nSPS) is 15.2. The van der Waals surface area contributed by atoms with Gasteiger partial charge in [-0.2, -0.15) is 0 Å². The van der Waals surface area contributed by atoms with Gasteiger partial charge in [0, 0.05) is 38.9 Å². The highest BCUT2D eigenvalue weighted by atomic mass is 19.1. The number of carbonyl (C=O) groups is 2. The molecule has 7 heteroatoms. The molecule has 1 aliphatic heterocycles. The topological polar surface area (TPSA) is 79.5 Å². The number of aromatic nitrogens is 1. The summed E-state index contributed by atoms with van der Waals surface area (Å²) in [7, 11) is 0. The number of amides is 2. The van der Waals surface area contributed by atoms with Gasteiger partial charge >= 0.3 is 0 Å². The zero-order valence-electron chi connectivity index (χ0n) is 13.7. The maximum absolute atomic E-state index is 13.0. The Kier molecular flexibility index (Phi) is 5.04. The van der Waals surface area contributed by atoms with Crippen molar-refractivity contribution in [2.75, 3.05) is 26.2 Å². The molecule has 2 N–H and O–H groups in total. The van der Waals surface area contributed by atoms with Crippen molar-refractivity contribution in [1.29, 1.82) is 0 Å². The van der Waals surface area contributed by atoms with E-state index in [9.17, 15) is 14.0 Å². The molecule has 0 atom stereocenters. The Morgan fingerprint density at radius 3 is 2.40 bits per heavy atom. The molecule has 3 rings (SSSR count). The van der Waals surface area contributed by atoms with E-state index in [1.807, 2.05) is 0 Å². The van der Waals surface area contributed by atoms with E-state index in [4.69, 9.17) is 5.73 Å². The zero-order valence-corrected chi connectivity index (χ0v) is 13.7. The van der Waals surface area contributed by atoms with Crippen molar-refractivity contribution in [3.8, 4) is 0 Å². The van der Waals surface area contributed by atoms with Gasteiger partial charge in [0.1, 0.15) is 11.5 Å². The minimum Gasteiger partial charge on any atom is -0.364 e. The van der Waals surface area contributed by atoms with Crippen LogP contribution in [0, 0.1) is 5.82 Å². The Bertz CT molecular complexity index is 771. The lowest BCUT2D eigenvalue weighted by Crippen LogP contribution is -2.48. The number of rotatable bonds is 4. The second-order valence-corrected chi connectivity index (χ2v) is 5.96. The molecule has 1 aromatic heterocycles. The van der Waals surface area contributed by atoms with E-state index in [1.54, 1.807) is 29.2 Å². The van der Waals surface area contributed by atoms with Crippen molar-refractivity contribution >= 4 is 11.8 Å². The quantitative estimate of drug-likeness (QED) is 0.908. The molecule has 0 saturated carbocycles. The fourth-order valence-electron chi connectivity index (χ4n) is 2.90. The van der Waals surface area contributed by atoms with Crippen molar-refractivity contribution in [3.63, 3.8) is 0 Å². The van der Waals surface area contributed by atoms with Crippen LogP contribution in [0.25, 0.3) is 0 Å². The largest absolute Gasteiger partial charge is 0.364 e. The van der Waals surface area contributed by atoms with E-state index < -0.39 is 5.91 Å². The van der Waals surface area contributed by atoms with Crippen molar-refractivity contribution in [2.45, 2.75) is 6.54 Å². The van der Waals surface area contributed by atoms with Crippen LogP contribution in [0.4, 0.5) is 4.39 Å². The first-order valence-corrected chi connectivity index (χ1v) is 8.05. The molecule has 0 bridgehead atoms. The summed E-state index contributed by atoms with van der Waals surface area (Å²) >= 11 is 0. The first kappa shape index (κ1) is 17.0. The third kappa shape index (κ3) is 4.00. The Labute approximate surface area is 145 Å².